The number of carbonyl (C=O) groups is 1. The van der Waals surface area contributed by atoms with Crippen LogP contribution < -0.4 is 4.74 Å². The van der Waals surface area contributed by atoms with Gasteiger partial charge < -0.3 is 14.7 Å². The molecule has 0 spiro atoms. The van der Waals surface area contributed by atoms with Crippen LogP contribution in [0, 0.1) is 0 Å². The van der Waals surface area contributed by atoms with Gasteiger partial charge in [0, 0.05) is 30.3 Å². The molecule has 33 heavy (non-hydrogen) atoms. The number of aromatic carboxylic acids is 1. The zero-order valence-electron chi connectivity index (χ0n) is 18.7. The average Bonchev–Trinajstić information content (AvgIpc) is 3.36. The van der Waals surface area contributed by atoms with E-state index in [1.807, 2.05) is 24.3 Å². The van der Waals surface area contributed by atoms with E-state index in [0.717, 1.165) is 58.9 Å². The molecule has 3 aromatic rings. The summed E-state index contributed by atoms with van der Waals surface area (Å²) in [4.78, 5) is 13.7. The molecule has 1 aromatic heterocycles. The maximum atomic E-state index is 11.0. The summed E-state index contributed by atoms with van der Waals surface area (Å²) < 4.78 is 6.28. The van der Waals surface area contributed by atoms with Crippen LogP contribution in [0.3, 0.4) is 0 Å². The summed E-state index contributed by atoms with van der Waals surface area (Å²) in [7, 11) is 0. The quantitative estimate of drug-likeness (QED) is 0.502. The van der Waals surface area contributed by atoms with Gasteiger partial charge in [-0.3, -0.25) is 0 Å². The van der Waals surface area contributed by atoms with Gasteiger partial charge in [0.05, 0.1) is 5.56 Å². The molecule has 0 atom stereocenters. The highest BCUT2D eigenvalue weighted by molar-refractivity contribution is 7.17. The number of benzene rings is 2. The van der Waals surface area contributed by atoms with Gasteiger partial charge in [0.15, 0.2) is 0 Å². The number of ether oxygens (including phenoxy) is 1. The van der Waals surface area contributed by atoms with Crippen molar-refractivity contribution in [1.82, 2.24) is 15.1 Å². The second-order valence-corrected chi connectivity index (χ2v) is 9.94. The largest absolute Gasteiger partial charge is 0.490 e. The smallest absolute Gasteiger partial charge is 0.335 e. The molecule has 172 valence electrons. The zero-order chi connectivity index (χ0) is 22.6. The molecule has 2 heterocycles. The lowest BCUT2D eigenvalue weighted by Gasteiger charge is -2.39. The molecule has 2 aromatic carbocycles. The topological polar surface area (TPSA) is 75.5 Å². The minimum Gasteiger partial charge on any atom is -0.490 e. The van der Waals surface area contributed by atoms with Gasteiger partial charge in [-0.15, -0.1) is 10.2 Å². The van der Waals surface area contributed by atoms with Gasteiger partial charge in [-0.05, 0) is 62.1 Å². The summed E-state index contributed by atoms with van der Waals surface area (Å²) >= 11 is 1.49. The van der Waals surface area contributed by atoms with Gasteiger partial charge in [0.2, 0.25) is 0 Å². The van der Waals surface area contributed by atoms with Crippen molar-refractivity contribution in [2.24, 2.45) is 0 Å². The predicted molar refractivity (Wildman–Crippen MR) is 130 cm³/mol. The summed E-state index contributed by atoms with van der Waals surface area (Å²) in [6.45, 7) is 2.29. The number of carboxylic acids is 1. The number of hydrogen-bond donors (Lipinski definition) is 1. The third-order valence-electron chi connectivity index (χ3n) is 6.78. The monoisotopic (exact) mass is 463 g/mol. The minimum absolute atomic E-state index is 0.263. The fourth-order valence-corrected chi connectivity index (χ4v) is 5.74. The highest BCUT2D eigenvalue weighted by Crippen LogP contribution is 2.32. The Bertz CT molecular complexity index is 1070. The van der Waals surface area contributed by atoms with Crippen molar-refractivity contribution < 1.29 is 14.6 Å². The van der Waals surface area contributed by atoms with Crippen molar-refractivity contribution in [3.63, 3.8) is 0 Å². The van der Waals surface area contributed by atoms with Gasteiger partial charge in [0.25, 0.3) is 0 Å². The van der Waals surface area contributed by atoms with E-state index in [1.54, 1.807) is 24.3 Å². The molecule has 2 fully saturated rings. The first kappa shape index (κ1) is 22.0. The second-order valence-electron chi connectivity index (χ2n) is 8.96. The lowest BCUT2D eigenvalue weighted by Crippen LogP contribution is -2.44. The predicted octanol–water partition coefficient (Wildman–Crippen LogP) is 5.75. The molecular weight excluding hydrogens is 434 g/mol. The third kappa shape index (κ3) is 5.25. The van der Waals surface area contributed by atoms with Crippen LogP contribution in [-0.4, -0.2) is 51.4 Å². The summed E-state index contributed by atoms with van der Waals surface area (Å²) in [5.74, 6) is -0.0274. The van der Waals surface area contributed by atoms with Crippen LogP contribution in [0.4, 0.5) is 0 Å². The molecule has 0 amide bonds. The van der Waals surface area contributed by atoms with E-state index in [-0.39, 0.29) is 11.7 Å². The molecule has 1 saturated heterocycles. The fraction of sp³-hybridized carbons (Fsp3) is 0.423. The number of carboxylic acid groups (broad SMARTS) is 1. The van der Waals surface area contributed by atoms with Crippen LogP contribution in [0.25, 0.3) is 21.1 Å². The molecule has 1 N–H and O–H groups in total. The van der Waals surface area contributed by atoms with E-state index >= 15 is 0 Å². The Hall–Kier alpha value is -2.77. The van der Waals surface area contributed by atoms with Gasteiger partial charge in [-0.25, -0.2) is 4.79 Å². The van der Waals surface area contributed by atoms with E-state index in [1.165, 1.54) is 43.4 Å². The highest BCUT2D eigenvalue weighted by atomic mass is 32.1. The van der Waals surface area contributed by atoms with Crippen molar-refractivity contribution in [2.45, 2.75) is 57.1 Å². The number of rotatable bonds is 6. The van der Waals surface area contributed by atoms with E-state index in [9.17, 15) is 4.79 Å². The summed E-state index contributed by atoms with van der Waals surface area (Å²) in [5, 5.41) is 19.3. The number of nitrogens with zero attached hydrogens (tertiary/aromatic N) is 3. The Morgan fingerprint density at radius 2 is 1.42 bits per heavy atom. The molecule has 0 bridgehead atoms. The highest BCUT2D eigenvalue weighted by Gasteiger charge is 2.27. The standard InChI is InChI=1S/C26H29N3O3S/c30-26(31)20-8-6-18(7-9-20)24-27-28-25(33-24)19-10-12-22(13-11-19)32-23-14-16-29(17-15-23)21-4-2-1-3-5-21/h6-13,21,23H,1-5,14-17H2,(H,30,31). The first-order valence-corrected chi connectivity index (χ1v) is 12.7. The SMILES string of the molecule is O=C(O)c1ccc(-c2nnc(-c3ccc(OC4CCN(C5CCCCC5)CC4)cc3)s2)cc1. The lowest BCUT2D eigenvalue weighted by atomic mass is 9.92. The average molecular weight is 464 g/mol. The van der Waals surface area contributed by atoms with Gasteiger partial charge in [0.1, 0.15) is 21.9 Å². The Labute approximate surface area is 198 Å². The van der Waals surface area contributed by atoms with E-state index in [4.69, 9.17) is 9.84 Å². The summed E-state index contributed by atoms with van der Waals surface area (Å²) in [5.41, 5.74) is 2.13. The third-order valence-corrected chi connectivity index (χ3v) is 7.80. The molecule has 1 saturated carbocycles. The van der Waals surface area contributed by atoms with Crippen molar-refractivity contribution >= 4 is 17.3 Å². The van der Waals surface area contributed by atoms with Crippen LogP contribution in [0.15, 0.2) is 48.5 Å². The number of piperidine rings is 1. The number of aromatic nitrogens is 2. The molecule has 2 aliphatic rings. The van der Waals surface area contributed by atoms with Crippen LogP contribution in [0.1, 0.15) is 55.3 Å². The zero-order valence-corrected chi connectivity index (χ0v) is 19.5. The second kappa shape index (κ2) is 10.0. The van der Waals surface area contributed by atoms with E-state index in [2.05, 4.69) is 15.1 Å². The van der Waals surface area contributed by atoms with Crippen LogP contribution in [0.2, 0.25) is 0 Å². The maximum absolute atomic E-state index is 11.0. The van der Waals surface area contributed by atoms with Crippen LogP contribution in [0.5, 0.6) is 5.75 Å². The lowest BCUT2D eigenvalue weighted by molar-refractivity contribution is 0.0630. The van der Waals surface area contributed by atoms with Gasteiger partial charge in [-0.2, -0.15) is 0 Å². The number of hydrogen-bond acceptors (Lipinski definition) is 6. The first-order valence-electron chi connectivity index (χ1n) is 11.8. The Morgan fingerprint density at radius 3 is 2.00 bits per heavy atom. The number of likely N-dealkylation sites (tertiary alicyclic amines) is 1. The first-order chi connectivity index (χ1) is 16.2. The minimum atomic E-state index is -0.934. The summed E-state index contributed by atoms with van der Waals surface area (Å²) in [6, 6.07) is 15.6. The van der Waals surface area contributed by atoms with E-state index < -0.39 is 5.97 Å². The molecular formula is C26H29N3O3S. The molecule has 7 heteroatoms. The van der Waals surface area contributed by atoms with Crippen molar-refractivity contribution in [2.75, 3.05) is 13.1 Å². The Morgan fingerprint density at radius 1 is 0.848 bits per heavy atom. The molecule has 1 aliphatic carbocycles. The Balaban J connectivity index is 1.17. The molecule has 0 radical (unpaired) electrons. The molecule has 6 nitrogen and oxygen atoms in total. The van der Waals surface area contributed by atoms with Crippen molar-refractivity contribution in [3.8, 4) is 26.9 Å². The normalized spacial score (nSPS) is 18.3. The van der Waals surface area contributed by atoms with Gasteiger partial charge >= 0.3 is 5.97 Å². The van der Waals surface area contributed by atoms with Crippen LogP contribution >= 0.6 is 11.3 Å². The summed E-state index contributed by atoms with van der Waals surface area (Å²) in [6.07, 6.45) is 9.41. The molecule has 5 rings (SSSR count). The molecule has 0 unspecified atom stereocenters. The van der Waals surface area contributed by atoms with E-state index in [0.29, 0.717) is 0 Å². The Kier molecular flexibility index (Phi) is 6.69. The van der Waals surface area contributed by atoms with Gasteiger partial charge in [-0.1, -0.05) is 42.7 Å². The van der Waals surface area contributed by atoms with Crippen molar-refractivity contribution in [1.29, 1.82) is 0 Å². The van der Waals surface area contributed by atoms with Crippen LogP contribution in [-0.2, 0) is 0 Å². The van der Waals surface area contributed by atoms with Crippen molar-refractivity contribution in [3.05, 3.63) is 54.1 Å². The fourth-order valence-electron chi connectivity index (χ4n) is 4.89. The maximum Gasteiger partial charge on any atom is 0.335 e. The molecule has 1 aliphatic heterocycles.